The smallest absolute Gasteiger partial charge is 0.177 e. The van der Waals surface area contributed by atoms with E-state index in [4.69, 9.17) is 14.2 Å². The first-order valence-corrected chi connectivity index (χ1v) is 14.2. The normalized spacial score (nSPS) is 33.9. The fourth-order valence-electron chi connectivity index (χ4n) is 7.98. The van der Waals surface area contributed by atoms with Crippen LogP contribution in [0.2, 0.25) is 0 Å². The molecule has 3 saturated carbocycles. The summed E-state index contributed by atoms with van der Waals surface area (Å²) < 4.78 is 20.3. The van der Waals surface area contributed by atoms with Crippen LogP contribution in [-0.2, 0) is 20.7 Å². The zero-order valence-electron chi connectivity index (χ0n) is 24.3. The molecule has 0 aromatic heterocycles. The van der Waals surface area contributed by atoms with E-state index in [9.17, 15) is 19.5 Å². The Morgan fingerprint density at radius 2 is 1.77 bits per heavy atom. The van der Waals surface area contributed by atoms with E-state index in [-0.39, 0.29) is 46.9 Å². The van der Waals surface area contributed by atoms with Crippen LogP contribution in [0.15, 0.2) is 29.4 Å². The summed E-state index contributed by atoms with van der Waals surface area (Å²) in [4.78, 5) is 40.3. The molecule has 40 heavy (non-hydrogen) atoms. The van der Waals surface area contributed by atoms with Gasteiger partial charge in [-0.3, -0.25) is 14.4 Å². The number of aromatic hydroxyl groups is 1. The number of carbonyl (C=O) groups excluding carboxylic acids is 3. The number of phenols is 1. The quantitative estimate of drug-likeness (QED) is 0.287. The van der Waals surface area contributed by atoms with E-state index in [2.05, 4.69) is 0 Å². The minimum absolute atomic E-state index is 0.0647. The van der Waals surface area contributed by atoms with Crippen molar-refractivity contribution in [1.82, 2.24) is 0 Å². The molecule has 7 heteroatoms. The van der Waals surface area contributed by atoms with Gasteiger partial charge in [-0.25, -0.2) is 0 Å². The number of hydrogen-bond acceptors (Lipinski definition) is 7. The van der Waals surface area contributed by atoms with E-state index in [0.717, 1.165) is 11.9 Å². The van der Waals surface area contributed by atoms with Crippen molar-refractivity contribution >= 4 is 23.9 Å². The standard InChI is InChI=1S/C33H38O7/c1-17(2)8-9-21-27-20(11-12-30(4,5)38-27)25(35)24-26(36)22-14-19-15-23-31(6,7)40-32(29(19)37,13-10-18(3)16-34)33(22,23)39-28(21)24/h8,10-12,16,19,22-23,35H,9,13-15H2,1-7H3. The summed E-state index contributed by atoms with van der Waals surface area (Å²) >= 11 is 0. The second-order valence-electron chi connectivity index (χ2n) is 13.5. The fourth-order valence-corrected chi connectivity index (χ4v) is 7.98. The lowest BCUT2D eigenvalue weighted by Gasteiger charge is -2.60. The van der Waals surface area contributed by atoms with Crippen LogP contribution in [0.3, 0.4) is 0 Å². The first-order chi connectivity index (χ1) is 18.7. The molecule has 4 bridgehead atoms. The highest BCUT2D eigenvalue weighted by atomic mass is 16.6. The highest BCUT2D eigenvalue weighted by Crippen LogP contribution is 2.70. The summed E-state index contributed by atoms with van der Waals surface area (Å²) in [5.41, 5.74) is -1.20. The van der Waals surface area contributed by atoms with Crippen molar-refractivity contribution in [3.63, 3.8) is 0 Å². The Kier molecular flexibility index (Phi) is 5.68. The zero-order chi connectivity index (χ0) is 29.0. The number of carbonyl (C=O) groups is 3. The van der Waals surface area contributed by atoms with Gasteiger partial charge in [0.15, 0.2) is 22.8 Å². The minimum Gasteiger partial charge on any atom is -0.506 e. The Labute approximate surface area is 235 Å². The Morgan fingerprint density at radius 1 is 1.05 bits per heavy atom. The van der Waals surface area contributed by atoms with Crippen LogP contribution in [0, 0.1) is 17.8 Å². The van der Waals surface area contributed by atoms with E-state index >= 15 is 0 Å². The Morgan fingerprint density at radius 3 is 2.45 bits per heavy atom. The first-order valence-electron chi connectivity index (χ1n) is 14.2. The minimum atomic E-state index is -1.43. The monoisotopic (exact) mass is 546 g/mol. The Hall–Kier alpha value is -3.19. The predicted octanol–water partition coefficient (Wildman–Crippen LogP) is 5.71. The van der Waals surface area contributed by atoms with Gasteiger partial charge < -0.3 is 19.3 Å². The lowest BCUT2D eigenvalue weighted by atomic mass is 9.46. The Balaban J connectivity index is 1.65. The molecule has 3 aliphatic heterocycles. The predicted molar refractivity (Wildman–Crippen MR) is 150 cm³/mol. The van der Waals surface area contributed by atoms with Crippen LogP contribution in [0.5, 0.6) is 17.2 Å². The second kappa shape index (κ2) is 8.41. The number of benzene rings is 1. The highest BCUT2D eigenvalue weighted by molar-refractivity contribution is 6.09. The molecule has 212 valence electrons. The summed E-state index contributed by atoms with van der Waals surface area (Å²) in [5.74, 6) is -0.935. The second-order valence-corrected chi connectivity index (χ2v) is 13.5. The number of ketones is 2. The van der Waals surface area contributed by atoms with Crippen LogP contribution in [-0.4, -0.2) is 45.4 Å². The van der Waals surface area contributed by atoms with Crippen molar-refractivity contribution in [1.29, 1.82) is 0 Å². The molecule has 1 aromatic rings. The van der Waals surface area contributed by atoms with Crippen LogP contribution >= 0.6 is 0 Å². The average Bonchev–Trinajstić information content (AvgIpc) is 3.03. The van der Waals surface area contributed by atoms with Gasteiger partial charge in [-0.15, -0.1) is 0 Å². The fraction of sp³-hybridized carbons (Fsp3) is 0.545. The van der Waals surface area contributed by atoms with E-state index in [0.29, 0.717) is 41.7 Å². The van der Waals surface area contributed by atoms with Gasteiger partial charge in [0, 0.05) is 23.8 Å². The Bertz CT molecular complexity index is 1450. The molecule has 3 aliphatic carbocycles. The van der Waals surface area contributed by atoms with Crippen molar-refractivity contribution in [3.05, 3.63) is 46.1 Å². The molecule has 7 nitrogen and oxygen atoms in total. The molecule has 1 aromatic carbocycles. The lowest BCUT2D eigenvalue weighted by molar-refractivity contribution is -0.199. The van der Waals surface area contributed by atoms with Gasteiger partial charge in [0.1, 0.15) is 34.7 Å². The maximum Gasteiger partial charge on any atom is 0.177 e. The number of allylic oxidation sites excluding steroid dienone is 3. The number of ether oxygens (including phenoxy) is 3. The molecular formula is C33H38O7. The van der Waals surface area contributed by atoms with E-state index in [1.54, 1.807) is 13.0 Å². The van der Waals surface area contributed by atoms with Crippen molar-refractivity contribution in [2.45, 2.75) is 96.6 Å². The number of aldehydes is 1. The first kappa shape index (κ1) is 27.0. The number of phenolic OH excluding ortho intramolecular Hbond substituents is 1. The third-order valence-corrected chi connectivity index (χ3v) is 9.73. The zero-order valence-corrected chi connectivity index (χ0v) is 24.3. The van der Waals surface area contributed by atoms with Gasteiger partial charge >= 0.3 is 0 Å². The summed E-state index contributed by atoms with van der Waals surface area (Å²) in [6.45, 7) is 13.5. The van der Waals surface area contributed by atoms with Gasteiger partial charge in [0.05, 0.1) is 17.1 Å². The molecule has 0 amide bonds. The van der Waals surface area contributed by atoms with Crippen molar-refractivity contribution in [3.8, 4) is 17.2 Å². The van der Waals surface area contributed by atoms with E-state index in [1.165, 1.54) is 0 Å². The molecule has 7 rings (SSSR count). The molecule has 3 heterocycles. The van der Waals surface area contributed by atoms with Gasteiger partial charge in [-0.1, -0.05) is 17.7 Å². The summed E-state index contributed by atoms with van der Waals surface area (Å²) in [5, 5.41) is 11.6. The van der Waals surface area contributed by atoms with Crippen LogP contribution in [0.25, 0.3) is 6.08 Å². The molecule has 4 fully saturated rings. The SMILES string of the molecule is CC(C)=CCc1c2c(c(O)c3c1OC14C(CC5CC1C(C)(C)OC4(CC=C(C)C=O)C5=O)C3=O)C=CC(C)(C)O2. The van der Waals surface area contributed by atoms with Crippen LogP contribution in [0.4, 0.5) is 0 Å². The number of fused-ring (bicyclic) bond motifs is 2. The third kappa shape index (κ3) is 3.36. The van der Waals surface area contributed by atoms with Gasteiger partial charge in [-0.05, 0) is 85.5 Å². The van der Waals surface area contributed by atoms with Crippen molar-refractivity contribution < 1.29 is 33.7 Å². The van der Waals surface area contributed by atoms with Crippen LogP contribution in [0.1, 0.15) is 89.2 Å². The number of rotatable bonds is 5. The van der Waals surface area contributed by atoms with Gasteiger partial charge in [-0.2, -0.15) is 0 Å². The summed E-state index contributed by atoms with van der Waals surface area (Å²) in [6.07, 6.45) is 9.69. The largest absolute Gasteiger partial charge is 0.506 e. The van der Waals surface area contributed by atoms with E-state index in [1.807, 2.05) is 59.8 Å². The molecule has 1 spiro atoms. The molecule has 5 unspecified atom stereocenters. The third-order valence-electron chi connectivity index (χ3n) is 9.73. The molecule has 6 aliphatic rings. The van der Waals surface area contributed by atoms with Gasteiger partial charge in [0.2, 0.25) is 0 Å². The van der Waals surface area contributed by atoms with Crippen molar-refractivity contribution in [2.24, 2.45) is 17.8 Å². The molecule has 0 radical (unpaired) electrons. The maximum atomic E-state index is 14.6. The summed E-state index contributed by atoms with van der Waals surface area (Å²) in [6, 6.07) is 0. The lowest BCUT2D eigenvalue weighted by Crippen LogP contribution is -2.76. The molecular weight excluding hydrogens is 508 g/mol. The van der Waals surface area contributed by atoms with Crippen LogP contribution < -0.4 is 9.47 Å². The average molecular weight is 547 g/mol. The number of hydrogen-bond donors (Lipinski definition) is 1. The molecule has 1 saturated heterocycles. The van der Waals surface area contributed by atoms with Gasteiger partial charge in [0.25, 0.3) is 0 Å². The van der Waals surface area contributed by atoms with E-state index < -0.39 is 28.3 Å². The molecule has 1 N–H and O–H groups in total. The highest BCUT2D eigenvalue weighted by Gasteiger charge is 2.83. The van der Waals surface area contributed by atoms with Crippen molar-refractivity contribution in [2.75, 3.05) is 0 Å². The summed E-state index contributed by atoms with van der Waals surface area (Å²) in [7, 11) is 0. The topological polar surface area (TPSA) is 99.1 Å². The maximum absolute atomic E-state index is 14.6. The number of Topliss-reactive ketones (excluding diaryl/α,β-unsaturated/α-hetero) is 2. The molecule has 5 atom stereocenters.